The number of hydrogen-bond donors (Lipinski definition) is 2. The predicted octanol–water partition coefficient (Wildman–Crippen LogP) is 12.0. The molecule has 0 rings (SSSR count). The zero-order valence-electron chi connectivity index (χ0n) is 31.8. The van der Waals surface area contributed by atoms with Crippen LogP contribution in [0.4, 0.5) is 0 Å². The van der Waals surface area contributed by atoms with Gasteiger partial charge in [-0.2, -0.15) is 0 Å². The van der Waals surface area contributed by atoms with Crippen molar-refractivity contribution in [2.45, 2.75) is 187 Å². The van der Waals surface area contributed by atoms with E-state index in [-0.39, 0.29) is 19.4 Å². The Kier molecular flexibility index (Phi) is 35.3. The zero-order valence-corrected chi connectivity index (χ0v) is 32.7. The van der Waals surface area contributed by atoms with Crippen molar-refractivity contribution in [3.63, 3.8) is 0 Å². The number of hydrogen-bond acceptors (Lipinski definition) is 6. The molecule has 0 spiro atoms. The molecule has 0 radical (unpaired) electrons. The second kappa shape index (κ2) is 36.8. The van der Waals surface area contributed by atoms with Crippen molar-refractivity contribution in [3.05, 3.63) is 48.6 Å². The molecule has 0 aromatic heterocycles. The average Bonchev–Trinajstić information content (AvgIpc) is 3.08. The molecule has 1 atom stereocenters. The van der Waals surface area contributed by atoms with E-state index in [0.717, 1.165) is 51.4 Å². The summed E-state index contributed by atoms with van der Waals surface area (Å²) in [5, 5.41) is 0. The molecule has 2 N–H and O–H groups in total. The number of esters is 2. The first-order valence-electron chi connectivity index (χ1n) is 19.9. The summed E-state index contributed by atoms with van der Waals surface area (Å²) >= 11 is 0. The van der Waals surface area contributed by atoms with E-state index in [1.54, 1.807) is 0 Å². The molecule has 290 valence electrons. The van der Waals surface area contributed by atoms with Crippen LogP contribution in [0.15, 0.2) is 48.6 Å². The van der Waals surface area contributed by atoms with Gasteiger partial charge < -0.3 is 19.3 Å². The summed E-state index contributed by atoms with van der Waals surface area (Å²) in [6.07, 6.45) is 44.1. The van der Waals surface area contributed by atoms with Crippen molar-refractivity contribution in [3.8, 4) is 0 Å². The molecule has 50 heavy (non-hydrogen) atoms. The Bertz CT molecular complexity index is 952. The van der Waals surface area contributed by atoms with Gasteiger partial charge in [0.05, 0.1) is 6.61 Å². The van der Waals surface area contributed by atoms with Gasteiger partial charge in [0.2, 0.25) is 0 Å². The molecule has 0 bridgehead atoms. The van der Waals surface area contributed by atoms with Crippen molar-refractivity contribution in [1.82, 2.24) is 0 Å². The average molecular weight is 725 g/mol. The molecule has 0 aliphatic rings. The molecule has 0 aromatic carbocycles. The van der Waals surface area contributed by atoms with Gasteiger partial charge in [0, 0.05) is 12.8 Å². The van der Waals surface area contributed by atoms with Crippen molar-refractivity contribution in [2.24, 2.45) is 0 Å². The third-order valence-corrected chi connectivity index (χ3v) is 8.82. The highest BCUT2D eigenvalue weighted by Crippen LogP contribution is 2.36. The summed E-state index contributed by atoms with van der Waals surface area (Å²) in [5.74, 6) is -0.967. The normalized spacial score (nSPS) is 13.0. The first-order valence-corrected chi connectivity index (χ1v) is 21.5. The lowest BCUT2D eigenvalue weighted by Crippen LogP contribution is -2.29. The lowest BCUT2D eigenvalue weighted by molar-refractivity contribution is -0.161. The van der Waals surface area contributed by atoms with Crippen LogP contribution in [0, 0.1) is 0 Å². The SMILES string of the molecule is CCCCC/C=C/C/C=C/C/C=C/CCCCCCC(=O)O[C@H](COC(=O)CC/C=C/CCCCCCCCCCCCC)COP(=O)(O)O. The van der Waals surface area contributed by atoms with Crippen LogP contribution in [0.3, 0.4) is 0 Å². The van der Waals surface area contributed by atoms with Crippen LogP contribution in [-0.2, 0) is 28.2 Å². The van der Waals surface area contributed by atoms with Gasteiger partial charge in [0.25, 0.3) is 0 Å². The standard InChI is InChI=1S/C41H73O8P/c1-3-5-7-9-11-13-15-17-19-20-22-24-26-28-30-32-34-36-41(43)49-39(38-48-50(44,45)46)37-47-40(42)35-33-31-29-27-25-23-21-18-16-14-12-10-8-6-4-2/h11,13,17,19,22,24,29,31,39H,3-10,12,14-16,18,20-21,23,25-28,30,32-38H2,1-2H3,(H2,44,45,46)/b13-11+,19-17+,24-22+,31-29+/t39-/m1/s1. The predicted molar refractivity (Wildman–Crippen MR) is 207 cm³/mol. The van der Waals surface area contributed by atoms with E-state index in [1.165, 1.54) is 89.9 Å². The van der Waals surface area contributed by atoms with E-state index in [0.29, 0.717) is 12.8 Å². The minimum atomic E-state index is -4.77. The third kappa shape index (κ3) is 38.8. The molecule has 0 saturated heterocycles. The van der Waals surface area contributed by atoms with Gasteiger partial charge in [-0.3, -0.25) is 14.1 Å². The zero-order chi connectivity index (χ0) is 36.8. The lowest BCUT2D eigenvalue weighted by Gasteiger charge is -2.18. The van der Waals surface area contributed by atoms with Crippen LogP contribution in [-0.4, -0.2) is 41.0 Å². The molecular formula is C41H73O8P. The van der Waals surface area contributed by atoms with Gasteiger partial charge in [-0.15, -0.1) is 0 Å². The number of phosphoric acid groups is 1. The Hall–Kier alpha value is -1.99. The van der Waals surface area contributed by atoms with E-state index in [4.69, 9.17) is 19.3 Å². The van der Waals surface area contributed by atoms with Crippen molar-refractivity contribution >= 4 is 19.8 Å². The van der Waals surface area contributed by atoms with Crippen LogP contribution in [0.5, 0.6) is 0 Å². The van der Waals surface area contributed by atoms with E-state index in [9.17, 15) is 14.2 Å². The highest BCUT2D eigenvalue weighted by molar-refractivity contribution is 7.46. The Morgan fingerprint density at radius 3 is 1.48 bits per heavy atom. The second-order valence-electron chi connectivity index (χ2n) is 13.2. The number of unbranched alkanes of at least 4 members (excludes halogenated alkanes) is 18. The molecule has 8 nitrogen and oxygen atoms in total. The number of carbonyl (C=O) groups is 2. The lowest BCUT2D eigenvalue weighted by atomic mass is 10.1. The molecule has 0 amide bonds. The second-order valence-corrected chi connectivity index (χ2v) is 14.5. The van der Waals surface area contributed by atoms with Crippen LogP contribution in [0.1, 0.15) is 181 Å². The smallest absolute Gasteiger partial charge is 0.462 e. The molecule has 0 unspecified atom stereocenters. The summed E-state index contributed by atoms with van der Waals surface area (Å²) in [5.41, 5.74) is 0. The first-order chi connectivity index (χ1) is 24.3. The quantitative estimate of drug-likeness (QED) is 0.0284. The van der Waals surface area contributed by atoms with Gasteiger partial charge in [-0.05, 0) is 64.2 Å². The Morgan fingerprint density at radius 1 is 0.520 bits per heavy atom. The number of phosphoric ester groups is 1. The molecular weight excluding hydrogens is 651 g/mol. The van der Waals surface area contributed by atoms with Crippen LogP contribution in [0.2, 0.25) is 0 Å². The monoisotopic (exact) mass is 725 g/mol. The van der Waals surface area contributed by atoms with Crippen LogP contribution >= 0.6 is 7.82 Å². The molecule has 0 aliphatic heterocycles. The van der Waals surface area contributed by atoms with E-state index >= 15 is 0 Å². The molecule has 0 saturated carbocycles. The maximum atomic E-state index is 12.4. The Morgan fingerprint density at radius 2 is 0.940 bits per heavy atom. The summed E-state index contributed by atoms with van der Waals surface area (Å²) in [6, 6.07) is 0. The summed E-state index contributed by atoms with van der Waals surface area (Å²) < 4.78 is 26.3. The Labute approximate surface area is 305 Å². The van der Waals surface area contributed by atoms with Crippen LogP contribution < -0.4 is 0 Å². The number of allylic oxidation sites excluding steroid dienone is 8. The Balaban J connectivity index is 4.03. The largest absolute Gasteiger partial charge is 0.469 e. The van der Waals surface area contributed by atoms with Crippen molar-refractivity contribution in [2.75, 3.05) is 13.2 Å². The maximum Gasteiger partial charge on any atom is 0.469 e. The molecule has 0 heterocycles. The molecule has 0 fully saturated rings. The molecule has 0 aliphatic carbocycles. The molecule has 9 heteroatoms. The first kappa shape index (κ1) is 48.0. The highest BCUT2D eigenvalue weighted by Gasteiger charge is 2.22. The van der Waals surface area contributed by atoms with Gasteiger partial charge in [-0.25, -0.2) is 4.57 Å². The third-order valence-electron chi connectivity index (χ3n) is 8.33. The minimum absolute atomic E-state index is 0.178. The van der Waals surface area contributed by atoms with Gasteiger partial charge in [-0.1, -0.05) is 152 Å². The maximum absolute atomic E-state index is 12.4. The van der Waals surface area contributed by atoms with Gasteiger partial charge in [0.1, 0.15) is 6.61 Å². The fourth-order valence-electron chi connectivity index (χ4n) is 5.34. The minimum Gasteiger partial charge on any atom is -0.462 e. The van der Waals surface area contributed by atoms with E-state index in [2.05, 4.69) is 60.9 Å². The summed E-state index contributed by atoms with van der Waals surface area (Å²) in [7, 11) is -4.77. The van der Waals surface area contributed by atoms with Crippen molar-refractivity contribution in [1.29, 1.82) is 0 Å². The van der Waals surface area contributed by atoms with E-state index in [1.807, 2.05) is 6.08 Å². The summed E-state index contributed by atoms with van der Waals surface area (Å²) in [4.78, 5) is 42.7. The van der Waals surface area contributed by atoms with Crippen LogP contribution in [0.25, 0.3) is 0 Å². The molecule has 0 aromatic rings. The van der Waals surface area contributed by atoms with E-state index < -0.39 is 32.5 Å². The fraction of sp³-hybridized carbons (Fsp3) is 0.756. The number of ether oxygens (including phenoxy) is 2. The van der Waals surface area contributed by atoms with Gasteiger partial charge in [0.15, 0.2) is 6.10 Å². The number of carbonyl (C=O) groups excluding carboxylic acids is 2. The fourth-order valence-corrected chi connectivity index (χ4v) is 5.70. The highest BCUT2D eigenvalue weighted by atomic mass is 31.2. The van der Waals surface area contributed by atoms with Gasteiger partial charge >= 0.3 is 19.8 Å². The van der Waals surface area contributed by atoms with Crippen molar-refractivity contribution < 1.29 is 37.9 Å². The number of rotatable bonds is 36. The summed E-state index contributed by atoms with van der Waals surface area (Å²) in [6.45, 7) is 3.60. The topological polar surface area (TPSA) is 119 Å².